The molecule has 3 fully saturated rings. The van der Waals surface area contributed by atoms with Gasteiger partial charge in [0.2, 0.25) is 0 Å². The molecule has 1 aromatic rings. The molecule has 2 heterocycles. The van der Waals surface area contributed by atoms with Crippen molar-refractivity contribution in [2.24, 2.45) is 16.7 Å². The number of carbonyl (C=O) groups excluding carboxylic acids is 1. The number of benzene rings is 1. The first-order valence-electron chi connectivity index (χ1n) is 15.1. The maximum absolute atomic E-state index is 13.7. The summed E-state index contributed by atoms with van der Waals surface area (Å²) in [6, 6.07) is -2.67. The normalized spacial score (nSPS) is 51.2. The Morgan fingerprint density at radius 3 is 2.34 bits per heavy atom. The number of ether oxygens (including phenoxy) is 1. The van der Waals surface area contributed by atoms with Crippen molar-refractivity contribution in [2.75, 3.05) is 0 Å². The van der Waals surface area contributed by atoms with Crippen LogP contribution in [0.2, 0.25) is 0 Å². The van der Waals surface area contributed by atoms with Crippen molar-refractivity contribution in [3.8, 4) is 11.5 Å². The summed E-state index contributed by atoms with van der Waals surface area (Å²) in [5.74, 6) is -1.28. The first-order valence-corrected chi connectivity index (χ1v) is 13.1. The number of nitrogens with zero attached hydrogens (tertiary/aromatic N) is 1. The molecule has 35 heavy (non-hydrogen) atoms. The van der Waals surface area contributed by atoms with Gasteiger partial charge in [0.25, 0.3) is 0 Å². The van der Waals surface area contributed by atoms with Crippen LogP contribution in [0.3, 0.4) is 0 Å². The number of phenolic OH excluding ortho intramolecular Hbond substituents is 1. The second-order valence-electron chi connectivity index (χ2n) is 13.3. The highest BCUT2D eigenvalue weighted by atomic mass is 16.5. The molecule has 192 valence electrons. The van der Waals surface area contributed by atoms with Crippen LogP contribution < -0.4 is 4.74 Å². The van der Waals surface area contributed by atoms with Gasteiger partial charge in [-0.15, -0.1) is 0 Å². The van der Waals surface area contributed by atoms with Crippen molar-refractivity contribution in [2.45, 2.75) is 129 Å². The zero-order valence-corrected chi connectivity index (χ0v) is 22.8. The number of Topliss-reactive ketones (excluding diaryl/α,β-unsaturated/α-hetero) is 1. The second-order valence-corrected chi connectivity index (χ2v) is 13.3. The average Bonchev–Trinajstić information content (AvgIpc) is 3.07. The van der Waals surface area contributed by atoms with Gasteiger partial charge in [-0.1, -0.05) is 41.5 Å². The maximum Gasteiger partial charge on any atom is 0.174 e. The van der Waals surface area contributed by atoms with E-state index in [4.69, 9.17) is 8.85 Å². The number of carbonyl (C=O) groups is 1. The van der Waals surface area contributed by atoms with E-state index < -0.39 is 63.7 Å². The quantitative estimate of drug-likeness (QED) is 0.622. The fourth-order valence-electron chi connectivity index (χ4n) is 9.21. The second kappa shape index (κ2) is 6.27. The molecule has 6 rings (SSSR count). The lowest BCUT2D eigenvalue weighted by atomic mass is 9.36. The number of rotatable bonds is 2. The third-order valence-corrected chi connectivity index (χ3v) is 11.5. The Kier molecular flexibility index (Phi) is 3.50. The van der Waals surface area contributed by atoms with E-state index in [0.717, 1.165) is 16.7 Å². The molecule has 8 atom stereocenters. The van der Waals surface area contributed by atoms with Gasteiger partial charge in [0.1, 0.15) is 0 Å². The van der Waals surface area contributed by atoms with Crippen LogP contribution in [0.4, 0.5) is 0 Å². The minimum Gasteiger partial charge on any atom is -0.504 e. The van der Waals surface area contributed by atoms with Gasteiger partial charge in [0.15, 0.2) is 23.4 Å². The predicted molar refractivity (Wildman–Crippen MR) is 136 cm³/mol. The summed E-state index contributed by atoms with van der Waals surface area (Å²) in [5, 5.41) is 24.6. The topological polar surface area (TPSA) is 70.0 Å². The standard InChI is InChI=1S/C30H43NO4/c1-14-13-28(14,10)18(5)31-17(4)27(8,9)30-21-20-15(2)16(3)22(33)23(21)35-24(30)19(32)11-12-29(30,34)25(31)26(20,6)7/h14,17-18,24-25,33-34H,11-13H2,1-10H3/t14?,17?,18?,24-,25+,28?,29+,30-/m0/s1/i13D2,14D,18D. The van der Waals surface area contributed by atoms with Gasteiger partial charge in [-0.05, 0) is 73.9 Å². The summed E-state index contributed by atoms with van der Waals surface area (Å²) in [5.41, 5.74) is -2.46. The minimum absolute atomic E-state index is 0.0132. The van der Waals surface area contributed by atoms with E-state index in [1.165, 1.54) is 0 Å². The van der Waals surface area contributed by atoms with E-state index in [0.29, 0.717) is 11.3 Å². The molecule has 0 radical (unpaired) electrons. The Hall–Kier alpha value is -1.59. The first-order chi connectivity index (χ1) is 17.5. The number of hydrogen-bond acceptors (Lipinski definition) is 5. The number of aromatic hydroxyl groups is 1. The Balaban J connectivity index is 1.76. The highest BCUT2D eigenvalue weighted by Gasteiger charge is 2.83. The van der Waals surface area contributed by atoms with Crippen LogP contribution in [0.5, 0.6) is 11.5 Å². The molecule has 1 saturated heterocycles. The van der Waals surface area contributed by atoms with Gasteiger partial charge < -0.3 is 14.9 Å². The van der Waals surface area contributed by atoms with Crippen LogP contribution in [-0.4, -0.2) is 50.7 Å². The van der Waals surface area contributed by atoms with Crippen LogP contribution in [0, 0.1) is 30.6 Å². The Morgan fingerprint density at radius 2 is 1.77 bits per heavy atom. The number of ketones is 1. The number of likely N-dealkylation sites (tertiary alicyclic amines) is 1. The van der Waals surface area contributed by atoms with E-state index in [1.54, 1.807) is 20.8 Å². The van der Waals surface area contributed by atoms with Crippen molar-refractivity contribution in [3.63, 3.8) is 0 Å². The van der Waals surface area contributed by atoms with Crippen LogP contribution in [0.25, 0.3) is 0 Å². The molecule has 5 heteroatoms. The molecule has 5 aliphatic rings. The Bertz CT molecular complexity index is 1350. The summed E-state index contributed by atoms with van der Waals surface area (Å²) >= 11 is 0. The number of aliphatic hydroxyl groups is 1. The highest BCUT2D eigenvalue weighted by molar-refractivity contribution is 5.91. The van der Waals surface area contributed by atoms with Crippen LogP contribution in [0.1, 0.15) is 102 Å². The SMILES string of the molecule is [2H]C(C)(N1C(C)C(C)(C)[C@@]23c4c5c(O)c(C)c(C)c4C(C)(C)[C@@H]1[C@]2(O)CCC(=O)[C@@H]3O5)C1(C)C([2H])([2H])C1([2H])C. The molecule has 2 bridgehead atoms. The summed E-state index contributed by atoms with van der Waals surface area (Å²) < 4.78 is 43.0. The fourth-order valence-corrected chi connectivity index (χ4v) is 9.21. The summed E-state index contributed by atoms with van der Waals surface area (Å²) in [6.45, 7) is 18.9. The molecular weight excluding hydrogens is 438 g/mol. The number of hydrogen-bond donors (Lipinski definition) is 2. The average molecular weight is 486 g/mol. The monoisotopic (exact) mass is 485 g/mol. The molecule has 1 spiro atoms. The summed E-state index contributed by atoms with van der Waals surface area (Å²) in [4.78, 5) is 15.7. The summed E-state index contributed by atoms with van der Waals surface area (Å²) in [7, 11) is 0. The molecule has 0 amide bonds. The van der Waals surface area contributed by atoms with E-state index in [-0.39, 0.29) is 24.4 Å². The zero-order chi connectivity index (χ0) is 29.5. The molecule has 3 aliphatic carbocycles. The lowest BCUT2D eigenvalue weighted by Gasteiger charge is -2.75. The molecule has 2 N–H and O–H groups in total. The third kappa shape index (κ3) is 2.17. The van der Waals surface area contributed by atoms with E-state index in [1.807, 2.05) is 39.5 Å². The molecule has 2 aliphatic heterocycles. The lowest BCUT2D eigenvalue weighted by Crippen LogP contribution is -2.87. The molecule has 0 aromatic heterocycles. The van der Waals surface area contributed by atoms with E-state index in [9.17, 15) is 16.4 Å². The lowest BCUT2D eigenvalue weighted by molar-refractivity contribution is -0.267. The van der Waals surface area contributed by atoms with Gasteiger partial charge in [0.05, 0.1) is 11.0 Å². The molecule has 5 nitrogen and oxygen atoms in total. The van der Waals surface area contributed by atoms with E-state index in [2.05, 4.69) is 13.8 Å². The van der Waals surface area contributed by atoms with Crippen molar-refractivity contribution in [1.29, 1.82) is 0 Å². The molecule has 1 aromatic carbocycles. The van der Waals surface area contributed by atoms with Crippen LogP contribution in [-0.2, 0) is 15.6 Å². The molecular formula is C30H43NO4. The smallest absolute Gasteiger partial charge is 0.174 e. The molecule has 4 unspecified atom stereocenters. The van der Waals surface area contributed by atoms with Gasteiger partial charge in [-0.3, -0.25) is 9.69 Å². The first kappa shape index (κ1) is 19.5. The maximum atomic E-state index is 13.7. The molecule has 2 saturated carbocycles. The Morgan fingerprint density at radius 1 is 1.17 bits per heavy atom. The van der Waals surface area contributed by atoms with Crippen molar-refractivity contribution < 1.29 is 25.2 Å². The largest absolute Gasteiger partial charge is 0.504 e. The van der Waals surface area contributed by atoms with E-state index >= 15 is 0 Å². The predicted octanol–water partition coefficient (Wildman–Crippen LogP) is 4.93. The van der Waals surface area contributed by atoms with Crippen LogP contribution >= 0.6 is 0 Å². The highest BCUT2D eigenvalue weighted by Crippen LogP contribution is 2.75. The van der Waals surface area contributed by atoms with Gasteiger partial charge in [0, 0.05) is 41.0 Å². The summed E-state index contributed by atoms with van der Waals surface area (Å²) in [6.07, 6.45) is -2.60. The van der Waals surface area contributed by atoms with Gasteiger partial charge in [-0.2, -0.15) is 0 Å². The van der Waals surface area contributed by atoms with Gasteiger partial charge >= 0.3 is 0 Å². The van der Waals surface area contributed by atoms with Crippen molar-refractivity contribution in [1.82, 2.24) is 4.90 Å². The fraction of sp³-hybridized carbons (Fsp3) is 0.767. The minimum atomic E-state index is -1.91. The van der Waals surface area contributed by atoms with Gasteiger partial charge in [-0.25, -0.2) is 0 Å². The van der Waals surface area contributed by atoms with Crippen LogP contribution in [0.15, 0.2) is 0 Å². The van der Waals surface area contributed by atoms with Crippen molar-refractivity contribution >= 4 is 5.78 Å². The zero-order valence-electron chi connectivity index (χ0n) is 26.8. The van der Waals surface area contributed by atoms with Crippen molar-refractivity contribution in [3.05, 3.63) is 22.3 Å². The number of piperidine rings is 1. The Labute approximate surface area is 215 Å². The third-order valence-electron chi connectivity index (χ3n) is 11.5. The number of phenols is 1.